The Morgan fingerprint density at radius 2 is 1.88 bits per heavy atom. The zero-order chi connectivity index (χ0) is 30.1. The van der Waals surface area contributed by atoms with E-state index in [0.29, 0.717) is 30.9 Å². The fourth-order valence-corrected chi connectivity index (χ4v) is 7.84. The quantitative estimate of drug-likeness (QED) is 0.265. The van der Waals surface area contributed by atoms with Gasteiger partial charge in [0, 0.05) is 30.1 Å². The summed E-state index contributed by atoms with van der Waals surface area (Å²) < 4.78 is 12.0. The summed E-state index contributed by atoms with van der Waals surface area (Å²) in [6, 6.07) is 5.43. The van der Waals surface area contributed by atoms with Crippen LogP contribution >= 0.6 is 15.9 Å². The maximum absolute atomic E-state index is 14.7. The zero-order valence-electron chi connectivity index (χ0n) is 24.4. The molecule has 2 bridgehead atoms. The van der Waals surface area contributed by atoms with Crippen LogP contribution in [-0.4, -0.2) is 94.6 Å². The Bertz CT molecular complexity index is 1160. The number of hydrogen-bond donors (Lipinski definition) is 1. The molecule has 10 heteroatoms. The van der Waals surface area contributed by atoms with Crippen molar-refractivity contribution in [1.82, 2.24) is 9.80 Å². The lowest BCUT2D eigenvalue weighted by Gasteiger charge is -2.40. The summed E-state index contributed by atoms with van der Waals surface area (Å²) in [5.41, 5.74) is -0.614. The third-order valence-electron chi connectivity index (χ3n) is 8.68. The fraction of sp³-hybridized carbons (Fsp3) is 0.581. The molecule has 0 radical (unpaired) electrons. The van der Waals surface area contributed by atoms with Crippen molar-refractivity contribution in [3.63, 3.8) is 0 Å². The van der Waals surface area contributed by atoms with E-state index in [4.69, 9.17) is 9.47 Å². The van der Waals surface area contributed by atoms with Crippen LogP contribution < -0.4 is 9.64 Å². The molecule has 3 saturated heterocycles. The molecule has 224 valence electrons. The molecule has 1 aromatic carbocycles. The number of halogens is 1. The van der Waals surface area contributed by atoms with Gasteiger partial charge in [-0.15, -0.1) is 13.2 Å². The molecule has 1 spiro atoms. The highest BCUT2D eigenvalue weighted by atomic mass is 79.9. The van der Waals surface area contributed by atoms with Gasteiger partial charge in [0.05, 0.1) is 37.7 Å². The van der Waals surface area contributed by atoms with Gasteiger partial charge in [0.1, 0.15) is 17.4 Å². The minimum absolute atomic E-state index is 0.146. The Hall–Kier alpha value is -2.69. The van der Waals surface area contributed by atoms with Crippen LogP contribution in [0.1, 0.15) is 33.6 Å². The molecule has 3 amide bonds. The summed E-state index contributed by atoms with van der Waals surface area (Å²) in [4.78, 5) is 47.8. The molecule has 1 aromatic rings. The number of carbonyl (C=O) groups is 3. The Balaban J connectivity index is 1.84. The molecule has 4 rings (SSSR count). The molecule has 0 aromatic heterocycles. The van der Waals surface area contributed by atoms with E-state index in [1.807, 2.05) is 20.8 Å². The number of rotatable bonds is 13. The predicted octanol–water partition coefficient (Wildman–Crippen LogP) is 3.40. The zero-order valence-corrected chi connectivity index (χ0v) is 26.0. The maximum Gasteiger partial charge on any atom is 0.253 e. The summed E-state index contributed by atoms with van der Waals surface area (Å²) in [5, 5.41) is 10.5. The molecule has 3 aliphatic heterocycles. The van der Waals surface area contributed by atoms with E-state index in [2.05, 4.69) is 29.1 Å². The molecular weight excluding hydrogens is 590 g/mol. The summed E-state index contributed by atoms with van der Waals surface area (Å²) in [5.74, 6) is -1.93. The number of fused-ring (bicyclic) bond motifs is 1. The lowest BCUT2D eigenvalue weighted by molar-refractivity contribution is -0.148. The van der Waals surface area contributed by atoms with Crippen molar-refractivity contribution in [3.05, 3.63) is 49.6 Å². The number of likely N-dealkylation sites (tertiary alicyclic amines) is 1. The topological polar surface area (TPSA) is 99.6 Å². The van der Waals surface area contributed by atoms with Gasteiger partial charge in [0.2, 0.25) is 11.8 Å². The normalized spacial score (nSPS) is 28.9. The highest BCUT2D eigenvalue weighted by Crippen LogP contribution is 2.61. The highest BCUT2D eigenvalue weighted by Gasteiger charge is 2.77. The van der Waals surface area contributed by atoms with Gasteiger partial charge in [-0.05, 0) is 43.0 Å². The SMILES string of the molecule is C=CCN(CCC)C(=O)[C@H]1[C@H]2C(=O)N([C@@H](CO)C(C)C)C(C(=O)N(CC=C)c3ccc(OC)cc3)C23CC(Br)[C@@H]1O3. The summed E-state index contributed by atoms with van der Waals surface area (Å²) in [7, 11) is 1.57. The minimum Gasteiger partial charge on any atom is -0.497 e. The van der Waals surface area contributed by atoms with Gasteiger partial charge in [0.25, 0.3) is 5.91 Å². The van der Waals surface area contributed by atoms with Gasteiger partial charge < -0.3 is 29.3 Å². The van der Waals surface area contributed by atoms with Gasteiger partial charge >= 0.3 is 0 Å². The van der Waals surface area contributed by atoms with Gasteiger partial charge in [-0.3, -0.25) is 14.4 Å². The molecule has 7 atom stereocenters. The van der Waals surface area contributed by atoms with E-state index in [0.717, 1.165) is 6.42 Å². The lowest BCUT2D eigenvalue weighted by Crippen LogP contribution is -2.60. The second-order valence-corrected chi connectivity index (χ2v) is 12.6. The molecule has 1 N–H and O–H groups in total. The van der Waals surface area contributed by atoms with E-state index in [-0.39, 0.29) is 41.6 Å². The van der Waals surface area contributed by atoms with Crippen LogP contribution in [-0.2, 0) is 19.1 Å². The van der Waals surface area contributed by atoms with Crippen molar-refractivity contribution in [1.29, 1.82) is 0 Å². The Morgan fingerprint density at radius 3 is 2.41 bits per heavy atom. The first-order chi connectivity index (χ1) is 19.6. The van der Waals surface area contributed by atoms with E-state index in [9.17, 15) is 19.5 Å². The smallest absolute Gasteiger partial charge is 0.253 e. The van der Waals surface area contributed by atoms with Crippen LogP contribution in [0.25, 0.3) is 0 Å². The van der Waals surface area contributed by atoms with Crippen LogP contribution in [0, 0.1) is 17.8 Å². The summed E-state index contributed by atoms with van der Waals surface area (Å²) >= 11 is 3.74. The van der Waals surface area contributed by atoms with E-state index < -0.39 is 35.6 Å². The molecule has 9 nitrogen and oxygen atoms in total. The Labute approximate surface area is 251 Å². The monoisotopic (exact) mass is 631 g/mol. The van der Waals surface area contributed by atoms with E-state index in [1.165, 1.54) is 4.90 Å². The van der Waals surface area contributed by atoms with Crippen molar-refractivity contribution in [2.24, 2.45) is 17.8 Å². The van der Waals surface area contributed by atoms with Gasteiger partial charge in [-0.1, -0.05) is 48.9 Å². The first-order valence-electron chi connectivity index (χ1n) is 14.3. The van der Waals surface area contributed by atoms with Crippen LogP contribution in [0.4, 0.5) is 5.69 Å². The first kappa shape index (κ1) is 31.3. The summed E-state index contributed by atoms with van der Waals surface area (Å²) in [6.45, 7) is 14.2. The number of amides is 3. The van der Waals surface area contributed by atoms with Crippen molar-refractivity contribution in [2.45, 2.75) is 62.2 Å². The van der Waals surface area contributed by atoms with Crippen molar-refractivity contribution < 1.29 is 29.0 Å². The van der Waals surface area contributed by atoms with Gasteiger partial charge in [-0.2, -0.15) is 0 Å². The number of aliphatic hydroxyl groups excluding tert-OH is 1. The lowest BCUT2D eigenvalue weighted by atomic mass is 9.70. The fourth-order valence-electron chi connectivity index (χ4n) is 6.90. The molecule has 0 saturated carbocycles. The Morgan fingerprint density at radius 1 is 1.22 bits per heavy atom. The predicted molar refractivity (Wildman–Crippen MR) is 161 cm³/mol. The first-order valence-corrected chi connectivity index (χ1v) is 15.2. The molecule has 41 heavy (non-hydrogen) atoms. The minimum atomic E-state index is -1.23. The van der Waals surface area contributed by atoms with E-state index >= 15 is 0 Å². The number of methoxy groups -OCH3 is 1. The second kappa shape index (κ2) is 12.7. The molecular formula is C31H42BrN3O6. The van der Waals surface area contributed by atoms with E-state index in [1.54, 1.807) is 53.3 Å². The van der Waals surface area contributed by atoms with Crippen molar-refractivity contribution >= 4 is 39.3 Å². The van der Waals surface area contributed by atoms with Crippen LogP contribution in [0.5, 0.6) is 5.75 Å². The molecule has 3 heterocycles. The van der Waals surface area contributed by atoms with Crippen molar-refractivity contribution in [3.8, 4) is 5.75 Å². The van der Waals surface area contributed by atoms with Crippen LogP contribution in [0.15, 0.2) is 49.6 Å². The molecule has 3 unspecified atom stereocenters. The molecule has 0 aliphatic carbocycles. The summed E-state index contributed by atoms with van der Waals surface area (Å²) in [6.07, 6.45) is 3.90. The largest absolute Gasteiger partial charge is 0.497 e. The number of hydrogen-bond acceptors (Lipinski definition) is 6. The highest BCUT2D eigenvalue weighted by molar-refractivity contribution is 9.09. The molecule has 3 fully saturated rings. The van der Waals surface area contributed by atoms with Gasteiger partial charge in [0.15, 0.2) is 0 Å². The Kier molecular flexibility index (Phi) is 9.66. The number of alkyl halides is 1. The number of benzene rings is 1. The number of nitrogens with zero attached hydrogens (tertiary/aromatic N) is 3. The third-order valence-corrected chi connectivity index (χ3v) is 9.52. The number of carbonyl (C=O) groups excluding carboxylic acids is 3. The van der Waals surface area contributed by atoms with Crippen LogP contribution in [0.2, 0.25) is 0 Å². The number of ether oxygens (including phenoxy) is 2. The second-order valence-electron chi connectivity index (χ2n) is 11.4. The maximum atomic E-state index is 14.7. The standard InChI is InChI=1S/C31H42BrN3O6/c1-7-14-33(15-8-2)28(37)24-25-29(38)35(23(18-36)19(4)5)27(31(25)17-22(32)26(24)41-31)30(39)34(16-9-3)20-10-12-21(40-6)13-11-20/h7,9-13,19,22-27,36H,1,3,8,14-18H2,2,4-6H3/t22?,23-,24-,25-,26-,27?,31?/m0/s1. The average molecular weight is 633 g/mol. The third kappa shape index (κ3) is 5.23. The van der Waals surface area contributed by atoms with Crippen molar-refractivity contribution in [2.75, 3.05) is 38.3 Å². The van der Waals surface area contributed by atoms with Gasteiger partial charge in [-0.25, -0.2) is 0 Å². The average Bonchev–Trinajstić information content (AvgIpc) is 3.55. The molecule has 3 aliphatic rings. The number of anilines is 1. The number of aliphatic hydroxyl groups is 1. The van der Waals surface area contributed by atoms with Crippen LogP contribution in [0.3, 0.4) is 0 Å².